The summed E-state index contributed by atoms with van der Waals surface area (Å²) < 4.78 is 15.7. The smallest absolute Gasteiger partial charge is 0.330 e. The molecule has 0 spiro atoms. The van der Waals surface area contributed by atoms with Gasteiger partial charge in [0.05, 0.1) is 6.61 Å². The molecule has 0 rings (SSSR count). The van der Waals surface area contributed by atoms with Crippen LogP contribution in [0.5, 0.6) is 0 Å². The molecule has 0 aliphatic carbocycles. The van der Waals surface area contributed by atoms with Crippen molar-refractivity contribution in [2.45, 2.75) is 19.8 Å². The van der Waals surface area contributed by atoms with E-state index >= 15 is 0 Å². The average molecular weight is 204 g/mol. The molecule has 0 aromatic carbocycles. The van der Waals surface area contributed by atoms with Crippen molar-refractivity contribution in [2.24, 2.45) is 0 Å². The first-order chi connectivity index (χ1) is 6.20. The van der Waals surface area contributed by atoms with Gasteiger partial charge in [-0.25, -0.2) is 4.79 Å². The van der Waals surface area contributed by atoms with Crippen molar-refractivity contribution in [3.63, 3.8) is 0 Å². The lowest BCUT2D eigenvalue weighted by Crippen LogP contribution is -2.04. The molecule has 0 aromatic heterocycles. The van der Waals surface area contributed by atoms with Crippen LogP contribution in [0.2, 0.25) is 0 Å². The topological polar surface area (TPSA) is 43.4 Å². The van der Waals surface area contributed by atoms with Gasteiger partial charge in [-0.05, 0) is 12.8 Å². The van der Waals surface area contributed by atoms with Crippen LogP contribution in [-0.4, -0.2) is 28.3 Å². The van der Waals surface area contributed by atoms with Gasteiger partial charge in [0.15, 0.2) is 0 Å². The van der Waals surface area contributed by atoms with Crippen LogP contribution in [0.4, 0.5) is 0 Å². The molecular weight excluding hydrogens is 188 g/mol. The van der Waals surface area contributed by atoms with E-state index in [-0.39, 0.29) is 0 Å². The summed E-state index contributed by atoms with van der Waals surface area (Å²) in [5.41, 5.74) is 0. The lowest BCUT2D eigenvalue weighted by atomic mass is 10.4. The number of hydrogen-bond donors (Lipinski definition) is 0. The van der Waals surface area contributed by atoms with Crippen molar-refractivity contribution >= 4 is 16.8 Å². The third-order valence-corrected chi connectivity index (χ3v) is 2.89. The summed E-state index contributed by atoms with van der Waals surface area (Å²) in [4.78, 5) is 10.6. The molecule has 4 heteroatoms. The van der Waals surface area contributed by atoms with Gasteiger partial charge in [-0.15, -0.1) is 0 Å². The van der Waals surface area contributed by atoms with Crippen LogP contribution in [-0.2, 0) is 20.3 Å². The van der Waals surface area contributed by atoms with Gasteiger partial charge in [-0.3, -0.25) is 4.21 Å². The molecular formula is C9H16O3S. The molecule has 0 aliphatic rings. The molecule has 0 bridgehead atoms. The van der Waals surface area contributed by atoms with Crippen LogP contribution in [0, 0.1) is 0 Å². The molecule has 0 amide bonds. The highest BCUT2D eigenvalue weighted by Crippen LogP contribution is 1.94. The summed E-state index contributed by atoms with van der Waals surface area (Å²) in [6.45, 7) is 5.57. The number of rotatable bonds is 7. The predicted octanol–water partition coefficient (Wildman–Crippen LogP) is 1.26. The summed E-state index contributed by atoms with van der Waals surface area (Å²) in [5, 5.41) is 0. The largest absolute Gasteiger partial charge is 0.463 e. The standard InChI is InChI=1S/C9H16O3S/c1-3-9(10)12-7-5-6-8-13(11)4-2/h3H,1,4-8H2,2H3. The summed E-state index contributed by atoms with van der Waals surface area (Å²) in [7, 11) is -0.704. The molecule has 3 nitrogen and oxygen atoms in total. The normalized spacial score (nSPS) is 12.1. The maximum absolute atomic E-state index is 11.0. The molecule has 0 heterocycles. The Labute approximate surface area is 81.6 Å². The number of esters is 1. The molecule has 0 saturated heterocycles. The predicted molar refractivity (Wildman–Crippen MR) is 53.9 cm³/mol. The first-order valence-electron chi connectivity index (χ1n) is 4.34. The summed E-state index contributed by atoms with van der Waals surface area (Å²) in [5.74, 6) is 1.01. The second kappa shape index (κ2) is 7.98. The molecule has 0 saturated carbocycles. The van der Waals surface area contributed by atoms with Crippen LogP contribution in [0.1, 0.15) is 19.8 Å². The first kappa shape index (κ1) is 12.4. The van der Waals surface area contributed by atoms with Crippen LogP contribution < -0.4 is 0 Å². The van der Waals surface area contributed by atoms with Crippen molar-refractivity contribution in [2.75, 3.05) is 18.1 Å². The molecule has 1 atom stereocenters. The van der Waals surface area contributed by atoms with Crippen molar-refractivity contribution in [3.8, 4) is 0 Å². The Bertz CT molecular complexity index is 189. The molecule has 0 radical (unpaired) electrons. The highest BCUT2D eigenvalue weighted by molar-refractivity contribution is 7.84. The Balaban J connectivity index is 3.21. The minimum atomic E-state index is -0.704. The molecule has 76 valence electrons. The molecule has 0 aromatic rings. The minimum absolute atomic E-state index is 0.392. The van der Waals surface area contributed by atoms with E-state index in [2.05, 4.69) is 6.58 Å². The maximum atomic E-state index is 11.0. The number of carbonyl (C=O) groups is 1. The molecule has 0 aliphatic heterocycles. The highest BCUT2D eigenvalue weighted by atomic mass is 32.2. The third kappa shape index (κ3) is 7.71. The number of unbranched alkanes of at least 4 members (excludes halogenated alkanes) is 1. The van der Waals surface area contributed by atoms with Crippen LogP contribution in [0.3, 0.4) is 0 Å². The maximum Gasteiger partial charge on any atom is 0.330 e. The van der Waals surface area contributed by atoms with Crippen LogP contribution >= 0.6 is 0 Å². The van der Waals surface area contributed by atoms with Gasteiger partial charge in [0.25, 0.3) is 0 Å². The summed E-state index contributed by atoms with van der Waals surface area (Å²) in [6, 6.07) is 0. The van der Waals surface area contributed by atoms with E-state index in [1.807, 2.05) is 6.92 Å². The molecule has 1 unspecified atom stereocenters. The highest BCUT2D eigenvalue weighted by Gasteiger charge is 1.97. The Hall–Kier alpha value is -0.640. The van der Waals surface area contributed by atoms with E-state index in [0.29, 0.717) is 18.1 Å². The van der Waals surface area contributed by atoms with Gasteiger partial charge >= 0.3 is 5.97 Å². The quantitative estimate of drug-likeness (QED) is 0.356. The van der Waals surface area contributed by atoms with Gasteiger partial charge in [-0.2, -0.15) is 0 Å². The Morgan fingerprint density at radius 1 is 1.54 bits per heavy atom. The van der Waals surface area contributed by atoms with Crippen molar-refractivity contribution in [3.05, 3.63) is 12.7 Å². The van der Waals surface area contributed by atoms with Gasteiger partial charge in [0, 0.05) is 28.4 Å². The van der Waals surface area contributed by atoms with Crippen LogP contribution in [0.25, 0.3) is 0 Å². The minimum Gasteiger partial charge on any atom is -0.463 e. The lowest BCUT2D eigenvalue weighted by Gasteiger charge is -2.01. The van der Waals surface area contributed by atoms with Gasteiger partial charge < -0.3 is 4.74 Å². The second-order valence-electron chi connectivity index (χ2n) is 2.51. The van der Waals surface area contributed by atoms with Crippen LogP contribution in [0.15, 0.2) is 12.7 Å². The van der Waals surface area contributed by atoms with Gasteiger partial charge in [0.1, 0.15) is 0 Å². The van der Waals surface area contributed by atoms with E-state index in [0.717, 1.165) is 18.9 Å². The number of ether oxygens (including phenoxy) is 1. The number of carbonyl (C=O) groups excluding carboxylic acids is 1. The van der Waals surface area contributed by atoms with Crippen molar-refractivity contribution in [1.29, 1.82) is 0 Å². The number of hydrogen-bond acceptors (Lipinski definition) is 3. The fourth-order valence-corrected chi connectivity index (χ4v) is 1.56. The van der Waals surface area contributed by atoms with E-state index in [9.17, 15) is 9.00 Å². The third-order valence-electron chi connectivity index (χ3n) is 1.50. The van der Waals surface area contributed by atoms with Crippen molar-refractivity contribution < 1.29 is 13.7 Å². The Morgan fingerprint density at radius 3 is 2.77 bits per heavy atom. The SMILES string of the molecule is C=CC(=O)OCCCCS(=O)CC. The Kier molecular flexibility index (Phi) is 7.59. The first-order valence-corrected chi connectivity index (χ1v) is 5.83. The monoisotopic (exact) mass is 204 g/mol. The lowest BCUT2D eigenvalue weighted by molar-refractivity contribution is -0.137. The molecule has 0 N–H and O–H groups in total. The van der Waals surface area contributed by atoms with E-state index in [1.54, 1.807) is 0 Å². The fourth-order valence-electron chi connectivity index (χ4n) is 0.741. The second-order valence-corrected chi connectivity index (χ2v) is 4.38. The zero-order chi connectivity index (χ0) is 10.1. The van der Waals surface area contributed by atoms with Gasteiger partial charge in [0.2, 0.25) is 0 Å². The summed E-state index contributed by atoms with van der Waals surface area (Å²) >= 11 is 0. The van der Waals surface area contributed by atoms with Gasteiger partial charge in [-0.1, -0.05) is 13.5 Å². The fraction of sp³-hybridized carbons (Fsp3) is 0.667. The molecule has 0 fully saturated rings. The van der Waals surface area contributed by atoms with E-state index < -0.39 is 16.8 Å². The zero-order valence-electron chi connectivity index (χ0n) is 7.95. The summed E-state index contributed by atoms with van der Waals surface area (Å²) in [6.07, 6.45) is 2.75. The van der Waals surface area contributed by atoms with E-state index in [4.69, 9.17) is 4.74 Å². The molecule has 13 heavy (non-hydrogen) atoms. The van der Waals surface area contributed by atoms with E-state index in [1.165, 1.54) is 0 Å². The zero-order valence-corrected chi connectivity index (χ0v) is 8.77. The average Bonchev–Trinajstić information content (AvgIpc) is 2.16. The Morgan fingerprint density at radius 2 is 2.23 bits per heavy atom. The van der Waals surface area contributed by atoms with Crippen molar-refractivity contribution in [1.82, 2.24) is 0 Å².